The zero-order valence-corrected chi connectivity index (χ0v) is 8.71. The van der Waals surface area contributed by atoms with E-state index in [4.69, 9.17) is 9.63 Å². The Balaban J connectivity index is 3.25. The van der Waals surface area contributed by atoms with Crippen molar-refractivity contribution in [1.82, 2.24) is 5.32 Å². The maximum Gasteiger partial charge on any atom is 0.319 e. The number of hydrogen-bond acceptors (Lipinski definition) is 4. The van der Waals surface area contributed by atoms with Crippen LogP contribution in [-0.2, 0) is 14.1 Å². The molecule has 13 heavy (non-hydrogen) atoms. The van der Waals surface area contributed by atoms with Gasteiger partial charge in [0.1, 0.15) is 0 Å². The Labute approximate surface area is 78.3 Å². The van der Waals surface area contributed by atoms with Gasteiger partial charge < -0.3 is 9.63 Å². The standard InChI is InChI=1S/C7H16NO4P/c1-2-3-4-12-7(9)5-8-6-13(10)11/h8,13H,2-6H2,1H3,(H,10,11). The molecule has 5 nitrogen and oxygen atoms in total. The summed E-state index contributed by atoms with van der Waals surface area (Å²) in [6, 6.07) is 0. The van der Waals surface area contributed by atoms with Crippen LogP contribution in [0.1, 0.15) is 19.8 Å². The molecule has 0 aliphatic rings. The van der Waals surface area contributed by atoms with Gasteiger partial charge in [-0.25, -0.2) is 0 Å². The van der Waals surface area contributed by atoms with Crippen LogP contribution in [0.4, 0.5) is 0 Å². The Bertz CT molecular complexity index is 174. The molecular weight excluding hydrogens is 193 g/mol. The molecule has 0 aliphatic heterocycles. The normalized spacial score (nSPS) is 12.5. The van der Waals surface area contributed by atoms with Crippen LogP contribution >= 0.6 is 8.03 Å². The van der Waals surface area contributed by atoms with Gasteiger partial charge in [-0.05, 0) is 6.42 Å². The maximum atomic E-state index is 10.8. The lowest BCUT2D eigenvalue weighted by Gasteiger charge is -2.03. The second-order valence-electron chi connectivity index (χ2n) is 2.57. The van der Waals surface area contributed by atoms with Crippen LogP contribution in [0.15, 0.2) is 0 Å². The van der Waals surface area contributed by atoms with Crippen molar-refractivity contribution in [2.45, 2.75) is 19.8 Å². The highest BCUT2D eigenvalue weighted by Gasteiger charge is 2.01. The highest BCUT2D eigenvalue weighted by Crippen LogP contribution is 2.07. The van der Waals surface area contributed by atoms with Crippen LogP contribution in [0, 0.1) is 0 Å². The molecule has 2 N–H and O–H groups in total. The minimum atomic E-state index is -2.52. The molecule has 0 aliphatic carbocycles. The van der Waals surface area contributed by atoms with Crippen molar-refractivity contribution in [3.8, 4) is 0 Å². The van der Waals surface area contributed by atoms with Crippen LogP contribution in [0.2, 0.25) is 0 Å². The fourth-order valence-electron chi connectivity index (χ4n) is 0.653. The first-order chi connectivity index (χ1) is 6.16. The lowest BCUT2D eigenvalue weighted by atomic mass is 10.4. The van der Waals surface area contributed by atoms with Crippen molar-refractivity contribution in [2.75, 3.05) is 19.4 Å². The Hall–Kier alpha value is -0.380. The third-order valence-electron chi connectivity index (χ3n) is 1.31. The van der Waals surface area contributed by atoms with E-state index in [1.807, 2.05) is 6.92 Å². The molecule has 1 unspecified atom stereocenters. The monoisotopic (exact) mass is 209 g/mol. The summed E-state index contributed by atoms with van der Waals surface area (Å²) in [7, 11) is -2.52. The highest BCUT2D eigenvalue weighted by atomic mass is 31.1. The number of unbranched alkanes of at least 4 members (excludes halogenated alkanes) is 1. The van der Waals surface area contributed by atoms with Crippen molar-refractivity contribution < 1.29 is 19.0 Å². The molecule has 0 saturated heterocycles. The van der Waals surface area contributed by atoms with Gasteiger partial charge in [-0.2, -0.15) is 0 Å². The molecule has 6 heteroatoms. The van der Waals surface area contributed by atoms with Crippen molar-refractivity contribution >= 4 is 14.0 Å². The van der Waals surface area contributed by atoms with E-state index in [0.29, 0.717) is 6.61 Å². The summed E-state index contributed by atoms with van der Waals surface area (Å²) in [6.45, 7) is 2.43. The van der Waals surface area contributed by atoms with Gasteiger partial charge in [0.15, 0.2) is 0 Å². The van der Waals surface area contributed by atoms with Crippen LogP contribution in [-0.4, -0.2) is 30.3 Å². The van der Waals surface area contributed by atoms with E-state index in [-0.39, 0.29) is 18.8 Å². The molecule has 78 valence electrons. The SMILES string of the molecule is CCCCOC(=O)CNC[PH](=O)O. The van der Waals surface area contributed by atoms with Crippen LogP contribution in [0.3, 0.4) is 0 Å². The molecule has 0 saturated carbocycles. The quantitative estimate of drug-likeness (QED) is 0.359. The molecule has 0 aromatic rings. The topological polar surface area (TPSA) is 75.6 Å². The highest BCUT2D eigenvalue weighted by molar-refractivity contribution is 7.37. The zero-order valence-electron chi connectivity index (χ0n) is 7.71. The third-order valence-corrected chi connectivity index (χ3v) is 1.86. The number of carbonyl (C=O) groups excluding carboxylic acids is 1. The summed E-state index contributed by atoms with van der Waals surface area (Å²) in [6.07, 6.45) is 1.79. The predicted molar refractivity (Wildman–Crippen MR) is 50.0 cm³/mol. The minimum Gasteiger partial charge on any atom is -0.465 e. The molecule has 0 radical (unpaired) electrons. The van der Waals surface area contributed by atoms with E-state index in [2.05, 4.69) is 5.32 Å². The molecule has 0 aromatic heterocycles. The minimum absolute atomic E-state index is 0.000676. The number of rotatable bonds is 7. The predicted octanol–water partition coefficient (Wildman–Crippen LogP) is 0.344. The first-order valence-corrected chi connectivity index (χ1v) is 5.81. The van der Waals surface area contributed by atoms with E-state index in [0.717, 1.165) is 12.8 Å². The van der Waals surface area contributed by atoms with Gasteiger partial charge in [0.2, 0.25) is 8.03 Å². The van der Waals surface area contributed by atoms with Crippen LogP contribution in [0.5, 0.6) is 0 Å². The molecule has 0 rings (SSSR count). The summed E-state index contributed by atoms with van der Waals surface area (Å²) in [5, 5.41) is 2.52. The number of hydrogen-bond donors (Lipinski definition) is 2. The molecule has 1 atom stereocenters. The first-order valence-electron chi connectivity index (χ1n) is 4.25. The van der Waals surface area contributed by atoms with Crippen molar-refractivity contribution in [2.24, 2.45) is 0 Å². The maximum absolute atomic E-state index is 10.8. The van der Waals surface area contributed by atoms with E-state index < -0.39 is 8.03 Å². The van der Waals surface area contributed by atoms with Gasteiger partial charge >= 0.3 is 5.97 Å². The van der Waals surface area contributed by atoms with Gasteiger partial charge in [0.25, 0.3) is 0 Å². The smallest absolute Gasteiger partial charge is 0.319 e. The summed E-state index contributed by atoms with van der Waals surface area (Å²) in [4.78, 5) is 19.3. The lowest BCUT2D eigenvalue weighted by Crippen LogP contribution is -2.24. The average Bonchev–Trinajstić information content (AvgIpc) is 2.04. The lowest BCUT2D eigenvalue weighted by molar-refractivity contribution is -0.142. The number of nitrogens with one attached hydrogen (secondary N) is 1. The summed E-state index contributed by atoms with van der Waals surface area (Å²) >= 11 is 0. The molecule has 0 amide bonds. The van der Waals surface area contributed by atoms with Gasteiger partial charge in [-0.15, -0.1) is 0 Å². The fraction of sp³-hybridized carbons (Fsp3) is 0.857. The number of carbonyl (C=O) groups is 1. The second kappa shape index (κ2) is 8.23. The second-order valence-corrected chi connectivity index (χ2v) is 3.71. The summed E-state index contributed by atoms with van der Waals surface area (Å²) in [5.74, 6) is -0.378. The summed E-state index contributed by atoms with van der Waals surface area (Å²) < 4.78 is 15.0. The zero-order chi connectivity index (χ0) is 10.1. The Morgan fingerprint density at radius 3 is 2.85 bits per heavy atom. The molecule has 0 fully saturated rings. The van der Waals surface area contributed by atoms with E-state index >= 15 is 0 Å². The van der Waals surface area contributed by atoms with E-state index in [1.165, 1.54) is 0 Å². The van der Waals surface area contributed by atoms with Gasteiger partial charge in [0.05, 0.1) is 19.4 Å². The Morgan fingerprint density at radius 1 is 1.62 bits per heavy atom. The third kappa shape index (κ3) is 9.53. The Morgan fingerprint density at radius 2 is 2.31 bits per heavy atom. The largest absolute Gasteiger partial charge is 0.465 e. The van der Waals surface area contributed by atoms with Crippen LogP contribution in [0.25, 0.3) is 0 Å². The van der Waals surface area contributed by atoms with E-state index in [9.17, 15) is 9.36 Å². The van der Waals surface area contributed by atoms with Gasteiger partial charge in [-0.3, -0.25) is 14.7 Å². The molecular formula is C7H16NO4P. The van der Waals surface area contributed by atoms with Gasteiger partial charge in [-0.1, -0.05) is 13.3 Å². The van der Waals surface area contributed by atoms with Crippen molar-refractivity contribution in [1.29, 1.82) is 0 Å². The number of esters is 1. The van der Waals surface area contributed by atoms with E-state index in [1.54, 1.807) is 0 Å². The summed E-state index contributed by atoms with van der Waals surface area (Å²) in [5.41, 5.74) is 0. The van der Waals surface area contributed by atoms with Crippen molar-refractivity contribution in [3.63, 3.8) is 0 Å². The van der Waals surface area contributed by atoms with Crippen LogP contribution < -0.4 is 5.32 Å². The molecule has 0 heterocycles. The molecule has 0 aromatic carbocycles. The fourth-order valence-corrected chi connectivity index (χ4v) is 0.992. The molecule has 0 spiro atoms. The first kappa shape index (κ1) is 12.6. The number of ether oxygens (including phenoxy) is 1. The van der Waals surface area contributed by atoms with Crippen molar-refractivity contribution in [3.05, 3.63) is 0 Å². The average molecular weight is 209 g/mol. The Kier molecular flexibility index (Phi) is 7.99. The molecule has 0 bridgehead atoms. The van der Waals surface area contributed by atoms with Gasteiger partial charge in [0, 0.05) is 0 Å².